The zero-order valence-electron chi connectivity index (χ0n) is 15.2. The zero-order chi connectivity index (χ0) is 19.7. The van der Waals surface area contributed by atoms with Gasteiger partial charge in [0.25, 0.3) is 0 Å². The Labute approximate surface area is 167 Å². The Morgan fingerprint density at radius 1 is 1.29 bits per heavy atom. The van der Waals surface area contributed by atoms with E-state index in [0.717, 1.165) is 16.7 Å². The number of benzene rings is 2. The van der Waals surface area contributed by atoms with Gasteiger partial charge in [0, 0.05) is 42.7 Å². The van der Waals surface area contributed by atoms with Crippen LogP contribution in [0.2, 0.25) is 5.02 Å². The summed E-state index contributed by atoms with van der Waals surface area (Å²) in [6.07, 6.45) is 0. The molecule has 2 aliphatic rings. The second-order valence-electron chi connectivity index (χ2n) is 7.18. The Kier molecular flexibility index (Phi) is 5.41. The van der Waals surface area contributed by atoms with Crippen LogP contribution in [0, 0.1) is 5.92 Å². The number of fused-ring (bicyclic) bond motifs is 1. The second-order valence-corrected chi connectivity index (χ2v) is 7.62. The first-order chi connectivity index (χ1) is 13.5. The molecule has 0 bridgehead atoms. The molecule has 0 aromatic heterocycles. The van der Waals surface area contributed by atoms with Gasteiger partial charge in [0.1, 0.15) is 12.6 Å². The van der Waals surface area contributed by atoms with Crippen molar-refractivity contribution in [1.29, 1.82) is 0 Å². The van der Waals surface area contributed by atoms with Gasteiger partial charge in [-0.25, -0.2) is 5.43 Å². The van der Waals surface area contributed by atoms with Crippen molar-refractivity contribution in [1.82, 2.24) is 15.8 Å². The van der Waals surface area contributed by atoms with Crippen molar-refractivity contribution in [3.05, 3.63) is 47.0 Å². The van der Waals surface area contributed by atoms with Crippen molar-refractivity contribution in [3.8, 4) is 22.6 Å². The molecule has 1 fully saturated rings. The molecule has 4 rings (SSSR count). The van der Waals surface area contributed by atoms with Crippen molar-refractivity contribution in [2.24, 2.45) is 5.92 Å². The molecule has 0 radical (unpaired) electrons. The SMILES string of the molecule is O=C(O)C1NNCC1CN1CCOc2c(O)cc(-c3cccc(Cl)c3)cc2C1. The summed E-state index contributed by atoms with van der Waals surface area (Å²) in [7, 11) is 0. The monoisotopic (exact) mass is 403 g/mol. The number of halogens is 1. The maximum absolute atomic E-state index is 11.4. The van der Waals surface area contributed by atoms with Crippen LogP contribution >= 0.6 is 11.6 Å². The molecule has 7 nitrogen and oxygen atoms in total. The van der Waals surface area contributed by atoms with Gasteiger partial charge in [0.2, 0.25) is 0 Å². The summed E-state index contributed by atoms with van der Waals surface area (Å²) in [5.41, 5.74) is 8.39. The van der Waals surface area contributed by atoms with E-state index < -0.39 is 12.0 Å². The van der Waals surface area contributed by atoms with Gasteiger partial charge in [-0.3, -0.25) is 15.1 Å². The fourth-order valence-electron chi connectivity index (χ4n) is 3.84. The maximum Gasteiger partial charge on any atom is 0.322 e. The number of phenolic OH excluding ortho intramolecular Hbond substituents is 1. The summed E-state index contributed by atoms with van der Waals surface area (Å²) in [6, 6.07) is 10.5. The van der Waals surface area contributed by atoms with E-state index in [0.29, 0.717) is 43.6 Å². The van der Waals surface area contributed by atoms with Crippen LogP contribution in [0.5, 0.6) is 11.5 Å². The molecule has 1 saturated heterocycles. The Morgan fingerprint density at radius 3 is 2.93 bits per heavy atom. The Hall–Kier alpha value is -2.32. The number of nitrogens with zero attached hydrogens (tertiary/aromatic N) is 1. The smallest absolute Gasteiger partial charge is 0.322 e. The number of hydrazine groups is 1. The predicted octanol–water partition coefficient (Wildman–Crippen LogP) is 2.08. The van der Waals surface area contributed by atoms with E-state index in [1.165, 1.54) is 0 Å². The van der Waals surface area contributed by atoms with E-state index in [1.807, 2.05) is 30.3 Å². The quantitative estimate of drug-likeness (QED) is 0.621. The summed E-state index contributed by atoms with van der Waals surface area (Å²) in [4.78, 5) is 13.6. The minimum Gasteiger partial charge on any atom is -0.504 e. The van der Waals surface area contributed by atoms with Gasteiger partial charge < -0.3 is 14.9 Å². The molecule has 2 aromatic carbocycles. The van der Waals surface area contributed by atoms with Crippen molar-refractivity contribution in [2.75, 3.05) is 26.2 Å². The van der Waals surface area contributed by atoms with Crippen molar-refractivity contribution >= 4 is 17.6 Å². The number of aliphatic carboxylic acids is 1. The first kappa shape index (κ1) is 19.0. The fraction of sp³-hybridized carbons (Fsp3) is 0.350. The Morgan fingerprint density at radius 2 is 2.14 bits per heavy atom. The lowest BCUT2D eigenvalue weighted by molar-refractivity contribution is -0.140. The molecular formula is C20H22ClN3O4. The molecule has 0 spiro atoms. The number of nitrogens with one attached hydrogen (secondary N) is 2. The number of rotatable bonds is 4. The van der Waals surface area contributed by atoms with Gasteiger partial charge in [0.05, 0.1) is 0 Å². The summed E-state index contributed by atoms with van der Waals surface area (Å²) in [5.74, 6) is -0.321. The number of hydrogen-bond donors (Lipinski definition) is 4. The molecule has 8 heteroatoms. The van der Waals surface area contributed by atoms with Gasteiger partial charge >= 0.3 is 5.97 Å². The molecule has 0 amide bonds. The van der Waals surface area contributed by atoms with Crippen LogP contribution in [-0.4, -0.2) is 53.4 Å². The topological polar surface area (TPSA) is 94.1 Å². The zero-order valence-corrected chi connectivity index (χ0v) is 15.9. The number of carboxylic acid groups (broad SMARTS) is 1. The Bertz CT molecular complexity index is 892. The van der Waals surface area contributed by atoms with Crippen molar-refractivity contribution < 1.29 is 19.7 Å². The second kappa shape index (κ2) is 7.97. The van der Waals surface area contributed by atoms with E-state index in [4.69, 9.17) is 16.3 Å². The van der Waals surface area contributed by atoms with Crippen LogP contribution < -0.4 is 15.6 Å². The summed E-state index contributed by atoms with van der Waals surface area (Å²) in [6.45, 7) is 2.86. The lowest BCUT2D eigenvalue weighted by atomic mass is 9.99. The number of ether oxygens (including phenoxy) is 1. The molecular weight excluding hydrogens is 382 g/mol. The lowest BCUT2D eigenvalue weighted by Gasteiger charge is -2.24. The van der Waals surface area contributed by atoms with Crippen LogP contribution in [0.4, 0.5) is 0 Å². The Balaban J connectivity index is 1.59. The average Bonchev–Trinajstić information content (AvgIpc) is 3.01. The van der Waals surface area contributed by atoms with Crippen LogP contribution in [-0.2, 0) is 11.3 Å². The lowest BCUT2D eigenvalue weighted by Crippen LogP contribution is -2.42. The van der Waals surface area contributed by atoms with Crippen molar-refractivity contribution in [3.63, 3.8) is 0 Å². The number of hydrogen-bond acceptors (Lipinski definition) is 6. The van der Waals surface area contributed by atoms with E-state index >= 15 is 0 Å². The molecule has 2 heterocycles. The van der Waals surface area contributed by atoms with Gasteiger partial charge in [-0.1, -0.05) is 23.7 Å². The van der Waals surface area contributed by atoms with Gasteiger partial charge in [-0.05, 0) is 35.4 Å². The highest BCUT2D eigenvalue weighted by Gasteiger charge is 2.34. The van der Waals surface area contributed by atoms with Crippen LogP contribution in [0.1, 0.15) is 5.56 Å². The van der Waals surface area contributed by atoms with Gasteiger partial charge in [-0.2, -0.15) is 0 Å². The highest BCUT2D eigenvalue weighted by molar-refractivity contribution is 6.30. The normalized spacial score (nSPS) is 22.3. The third kappa shape index (κ3) is 3.93. The molecule has 0 saturated carbocycles. The first-order valence-corrected chi connectivity index (χ1v) is 9.57. The van der Waals surface area contributed by atoms with E-state index in [1.54, 1.807) is 6.07 Å². The maximum atomic E-state index is 11.4. The molecule has 2 aromatic rings. The van der Waals surface area contributed by atoms with Gasteiger partial charge in [0.15, 0.2) is 11.5 Å². The van der Waals surface area contributed by atoms with Gasteiger partial charge in [-0.15, -0.1) is 0 Å². The predicted molar refractivity (Wildman–Crippen MR) is 105 cm³/mol. The minimum atomic E-state index is -0.859. The molecule has 0 aliphatic carbocycles. The molecule has 2 aliphatic heterocycles. The molecule has 2 atom stereocenters. The molecule has 4 N–H and O–H groups in total. The summed E-state index contributed by atoms with van der Waals surface area (Å²) in [5, 5.41) is 20.5. The molecule has 2 unspecified atom stereocenters. The van der Waals surface area contributed by atoms with Crippen molar-refractivity contribution in [2.45, 2.75) is 12.6 Å². The number of carboxylic acids is 1. The van der Waals surface area contributed by atoms with E-state index in [2.05, 4.69) is 15.8 Å². The van der Waals surface area contributed by atoms with Crippen LogP contribution in [0.3, 0.4) is 0 Å². The fourth-order valence-corrected chi connectivity index (χ4v) is 4.03. The van der Waals surface area contributed by atoms with E-state index in [-0.39, 0.29) is 11.7 Å². The largest absolute Gasteiger partial charge is 0.504 e. The minimum absolute atomic E-state index is 0.0521. The van der Waals surface area contributed by atoms with Crippen LogP contribution in [0.25, 0.3) is 11.1 Å². The summed E-state index contributed by atoms with van der Waals surface area (Å²) >= 11 is 6.11. The summed E-state index contributed by atoms with van der Waals surface area (Å²) < 4.78 is 5.80. The molecule has 28 heavy (non-hydrogen) atoms. The number of phenols is 1. The highest BCUT2D eigenvalue weighted by atomic mass is 35.5. The third-order valence-corrected chi connectivity index (χ3v) is 5.44. The average molecular weight is 404 g/mol. The van der Waals surface area contributed by atoms with E-state index in [9.17, 15) is 15.0 Å². The standard InChI is InChI=1S/C20H22ClN3O4/c21-16-3-1-2-12(7-16)13-6-14-10-24(4-5-28-19(14)17(25)8-13)11-15-9-22-23-18(15)20(26)27/h1-3,6-8,15,18,22-23,25H,4-5,9-11H2,(H,26,27). The number of carbonyl (C=O) groups is 1. The third-order valence-electron chi connectivity index (χ3n) is 5.20. The first-order valence-electron chi connectivity index (χ1n) is 9.19. The molecule has 148 valence electrons. The highest BCUT2D eigenvalue weighted by Crippen LogP contribution is 2.38. The van der Waals surface area contributed by atoms with Crippen LogP contribution in [0.15, 0.2) is 36.4 Å². The number of aromatic hydroxyl groups is 1.